The molecule has 0 fully saturated rings. The Morgan fingerprint density at radius 2 is 1.59 bits per heavy atom. The van der Waals surface area contributed by atoms with Gasteiger partial charge in [0.25, 0.3) is 0 Å². The highest BCUT2D eigenvalue weighted by molar-refractivity contribution is 7.99. The lowest BCUT2D eigenvalue weighted by Crippen LogP contribution is -2.05. The molecule has 4 aromatic rings. The van der Waals surface area contributed by atoms with Gasteiger partial charge in [-0.25, -0.2) is 0 Å². The van der Waals surface area contributed by atoms with Crippen molar-refractivity contribution in [2.45, 2.75) is 11.7 Å². The summed E-state index contributed by atoms with van der Waals surface area (Å²) in [6, 6.07) is 25.5. The summed E-state index contributed by atoms with van der Waals surface area (Å²) in [4.78, 5) is 12.8. The van der Waals surface area contributed by atoms with Crippen molar-refractivity contribution < 1.29 is 9.53 Å². The molecule has 0 amide bonds. The number of benzene rings is 3. The lowest BCUT2D eigenvalue weighted by molar-refractivity contribution is 0.102. The summed E-state index contributed by atoms with van der Waals surface area (Å²) < 4.78 is 7.19. The van der Waals surface area contributed by atoms with Gasteiger partial charge in [-0.2, -0.15) is 0 Å². The van der Waals surface area contributed by atoms with Gasteiger partial charge in [0.15, 0.2) is 16.8 Å². The van der Waals surface area contributed by atoms with Crippen LogP contribution in [0.25, 0.3) is 22.5 Å². The number of carbonyl (C=O) groups is 1. The molecule has 0 unspecified atom stereocenters. The summed E-state index contributed by atoms with van der Waals surface area (Å²) in [6.07, 6.45) is 1.80. The molecule has 1 aromatic heterocycles. The lowest BCUT2D eigenvalue weighted by Gasteiger charge is -2.08. The van der Waals surface area contributed by atoms with Gasteiger partial charge in [-0.3, -0.25) is 9.36 Å². The van der Waals surface area contributed by atoms with Gasteiger partial charge in [-0.15, -0.1) is 16.8 Å². The molecule has 3 aromatic carbocycles. The van der Waals surface area contributed by atoms with Crippen LogP contribution in [0.4, 0.5) is 0 Å². The Kier molecular flexibility index (Phi) is 6.82. The first-order chi connectivity index (χ1) is 15.7. The third kappa shape index (κ3) is 4.81. The number of allylic oxidation sites excluding steroid dienone is 1. The second-order valence-electron chi connectivity index (χ2n) is 7.09. The van der Waals surface area contributed by atoms with Crippen molar-refractivity contribution in [2.75, 3.05) is 12.9 Å². The molecule has 32 heavy (non-hydrogen) atoms. The van der Waals surface area contributed by atoms with Gasteiger partial charge in [0.1, 0.15) is 5.75 Å². The first-order valence-electron chi connectivity index (χ1n) is 10.2. The molecule has 0 saturated carbocycles. The fourth-order valence-electron chi connectivity index (χ4n) is 3.34. The number of hydrogen-bond donors (Lipinski definition) is 0. The smallest absolute Gasteiger partial charge is 0.192 e. The molecule has 4 rings (SSSR count). The van der Waals surface area contributed by atoms with Crippen LogP contribution < -0.4 is 4.74 Å². The summed E-state index contributed by atoms with van der Waals surface area (Å²) in [5, 5.41) is 9.35. The van der Waals surface area contributed by atoms with E-state index in [1.807, 2.05) is 71.3 Å². The molecule has 0 spiro atoms. The topological polar surface area (TPSA) is 57.0 Å². The minimum absolute atomic E-state index is 0.0498. The van der Waals surface area contributed by atoms with Crippen LogP contribution in [-0.2, 0) is 6.54 Å². The maximum Gasteiger partial charge on any atom is 0.192 e. The Labute approximate surface area is 191 Å². The third-order valence-electron chi connectivity index (χ3n) is 5.02. The predicted molar refractivity (Wildman–Crippen MR) is 129 cm³/mol. The highest BCUT2D eigenvalue weighted by atomic mass is 32.2. The van der Waals surface area contributed by atoms with Crippen LogP contribution in [0.2, 0.25) is 0 Å². The van der Waals surface area contributed by atoms with E-state index in [9.17, 15) is 4.79 Å². The van der Waals surface area contributed by atoms with Gasteiger partial charge in [-0.05, 0) is 35.4 Å². The van der Waals surface area contributed by atoms with Gasteiger partial charge in [-0.1, -0.05) is 72.4 Å². The van der Waals surface area contributed by atoms with Crippen molar-refractivity contribution in [1.29, 1.82) is 0 Å². The molecule has 160 valence electrons. The number of nitrogens with zero attached hydrogens (tertiary/aromatic N) is 3. The number of ketones is 1. The van der Waals surface area contributed by atoms with E-state index >= 15 is 0 Å². The quantitative estimate of drug-likeness (QED) is 0.187. The molecule has 6 heteroatoms. The highest BCUT2D eigenvalue weighted by Gasteiger charge is 2.16. The lowest BCUT2D eigenvalue weighted by atomic mass is 10.0. The molecule has 0 aliphatic carbocycles. The summed E-state index contributed by atoms with van der Waals surface area (Å²) in [5.41, 5.74) is 3.83. The zero-order chi connectivity index (χ0) is 22.3. The Hall–Kier alpha value is -3.64. The number of thioether (sulfide) groups is 1. The largest absolute Gasteiger partial charge is 0.497 e. The van der Waals surface area contributed by atoms with Gasteiger partial charge in [0, 0.05) is 17.7 Å². The van der Waals surface area contributed by atoms with Gasteiger partial charge in [0.2, 0.25) is 0 Å². The van der Waals surface area contributed by atoms with E-state index < -0.39 is 0 Å². The zero-order valence-electron chi connectivity index (χ0n) is 17.8. The first-order valence-corrected chi connectivity index (χ1v) is 11.2. The molecule has 0 saturated heterocycles. The number of rotatable bonds is 9. The average Bonchev–Trinajstić information content (AvgIpc) is 3.26. The number of aromatic nitrogens is 3. The molecule has 0 aliphatic heterocycles. The minimum Gasteiger partial charge on any atom is -0.497 e. The number of ether oxygens (including phenoxy) is 1. The normalized spacial score (nSPS) is 10.7. The molecule has 0 radical (unpaired) electrons. The molecule has 1 heterocycles. The zero-order valence-corrected chi connectivity index (χ0v) is 18.6. The van der Waals surface area contributed by atoms with Crippen molar-refractivity contribution in [2.24, 2.45) is 0 Å². The third-order valence-corrected chi connectivity index (χ3v) is 5.99. The van der Waals surface area contributed by atoms with E-state index in [0.717, 1.165) is 28.3 Å². The van der Waals surface area contributed by atoms with Crippen molar-refractivity contribution in [3.05, 3.63) is 97.1 Å². The molecule has 5 nitrogen and oxygen atoms in total. The average molecular weight is 442 g/mol. The van der Waals surface area contributed by atoms with Crippen molar-refractivity contribution in [3.8, 4) is 28.3 Å². The van der Waals surface area contributed by atoms with E-state index in [2.05, 4.69) is 28.9 Å². The van der Waals surface area contributed by atoms with Gasteiger partial charge < -0.3 is 4.74 Å². The summed E-state index contributed by atoms with van der Waals surface area (Å²) in [6.45, 7) is 4.39. The van der Waals surface area contributed by atoms with E-state index in [4.69, 9.17) is 4.74 Å². The van der Waals surface area contributed by atoms with Crippen molar-refractivity contribution in [3.63, 3.8) is 0 Å². The number of carbonyl (C=O) groups excluding carboxylic acids is 1. The molecular formula is C26H23N3O2S. The maximum atomic E-state index is 12.8. The fourth-order valence-corrected chi connectivity index (χ4v) is 4.18. The van der Waals surface area contributed by atoms with Crippen LogP contribution in [0.3, 0.4) is 0 Å². The molecule has 0 aliphatic rings. The van der Waals surface area contributed by atoms with Gasteiger partial charge >= 0.3 is 0 Å². The van der Waals surface area contributed by atoms with E-state index in [1.54, 1.807) is 13.2 Å². The molecule has 0 N–H and O–H groups in total. The predicted octanol–water partition coefficient (Wildman–Crippen LogP) is 5.78. The number of methoxy groups -OCH3 is 1. The van der Waals surface area contributed by atoms with Crippen molar-refractivity contribution >= 4 is 17.5 Å². The highest BCUT2D eigenvalue weighted by Crippen LogP contribution is 2.26. The Balaban J connectivity index is 1.47. The summed E-state index contributed by atoms with van der Waals surface area (Å²) >= 11 is 1.38. The van der Waals surface area contributed by atoms with Crippen LogP contribution in [0, 0.1) is 0 Å². The molecular weight excluding hydrogens is 418 g/mol. The maximum absolute atomic E-state index is 12.8. The Bertz CT molecular complexity index is 1200. The SMILES string of the molecule is C=CCn1c(SCC(=O)c2ccc(-c3ccccc3)cc2)nnc1-c1ccc(OC)cc1. The van der Waals surface area contributed by atoms with Crippen LogP contribution >= 0.6 is 11.8 Å². The van der Waals surface area contributed by atoms with E-state index in [1.165, 1.54) is 11.8 Å². The van der Waals surface area contributed by atoms with Crippen molar-refractivity contribution in [1.82, 2.24) is 14.8 Å². The van der Waals surface area contributed by atoms with E-state index in [-0.39, 0.29) is 11.5 Å². The van der Waals surface area contributed by atoms with Crippen LogP contribution in [-0.4, -0.2) is 33.4 Å². The summed E-state index contributed by atoms with van der Waals surface area (Å²) in [5.74, 6) is 1.84. The minimum atomic E-state index is 0.0498. The fraction of sp³-hybridized carbons (Fsp3) is 0.115. The van der Waals surface area contributed by atoms with Crippen LogP contribution in [0.5, 0.6) is 5.75 Å². The molecule has 0 atom stereocenters. The standard InChI is InChI=1S/C26H23N3O2S/c1-3-17-29-25(22-13-15-23(31-2)16-14-22)27-28-26(29)32-18-24(30)21-11-9-20(10-12-21)19-7-5-4-6-8-19/h3-16H,1,17-18H2,2H3. The monoisotopic (exact) mass is 441 g/mol. The number of hydrogen-bond acceptors (Lipinski definition) is 5. The van der Waals surface area contributed by atoms with Gasteiger partial charge in [0.05, 0.1) is 12.9 Å². The van der Waals surface area contributed by atoms with E-state index in [0.29, 0.717) is 17.3 Å². The first kappa shape index (κ1) is 21.6. The summed E-state index contributed by atoms with van der Waals surface area (Å²) in [7, 11) is 1.64. The number of Topliss-reactive ketones (excluding diaryl/α,β-unsaturated/α-hetero) is 1. The second-order valence-corrected chi connectivity index (χ2v) is 8.03. The Morgan fingerprint density at radius 3 is 2.25 bits per heavy atom. The molecule has 0 bridgehead atoms. The Morgan fingerprint density at radius 1 is 0.938 bits per heavy atom. The van der Waals surface area contributed by atoms with Crippen LogP contribution in [0.1, 0.15) is 10.4 Å². The second kappa shape index (κ2) is 10.1. The van der Waals surface area contributed by atoms with Crippen LogP contribution in [0.15, 0.2) is 96.7 Å².